The van der Waals surface area contributed by atoms with E-state index < -0.39 is 5.97 Å². The normalized spacial score (nSPS) is 17.0. The maximum absolute atomic E-state index is 12.3. The van der Waals surface area contributed by atoms with Gasteiger partial charge in [-0.05, 0) is 18.1 Å². The molecule has 0 saturated heterocycles. The number of fused-ring (bicyclic) bond motifs is 1. The van der Waals surface area contributed by atoms with Crippen molar-refractivity contribution in [3.8, 4) is 0 Å². The second-order valence-electron chi connectivity index (χ2n) is 4.66. The van der Waals surface area contributed by atoms with E-state index in [4.69, 9.17) is 5.11 Å². The molecule has 0 radical (unpaired) electrons. The third-order valence-corrected chi connectivity index (χ3v) is 4.44. The summed E-state index contributed by atoms with van der Waals surface area (Å²) in [4.78, 5) is 25.6. The van der Waals surface area contributed by atoms with Crippen LogP contribution in [0.15, 0.2) is 29.2 Å². The molecule has 1 heterocycles. The number of hydrogen-bond donors (Lipinski definition) is 1. The summed E-state index contributed by atoms with van der Waals surface area (Å²) in [5.74, 6) is -0.0389. The van der Waals surface area contributed by atoms with Crippen LogP contribution in [0.1, 0.15) is 24.3 Å². The van der Waals surface area contributed by atoms with Gasteiger partial charge in [0.1, 0.15) is 0 Å². The topological polar surface area (TPSA) is 57.6 Å². The van der Waals surface area contributed by atoms with Gasteiger partial charge in [0, 0.05) is 30.7 Å². The van der Waals surface area contributed by atoms with E-state index in [-0.39, 0.29) is 18.2 Å². The molecule has 1 amide bonds. The highest BCUT2D eigenvalue weighted by molar-refractivity contribution is 7.99. The second kappa shape index (κ2) is 6.10. The summed E-state index contributed by atoms with van der Waals surface area (Å²) in [5.41, 5.74) is 1.10. The molecule has 1 aliphatic heterocycles. The van der Waals surface area contributed by atoms with Crippen molar-refractivity contribution in [2.45, 2.75) is 23.7 Å². The van der Waals surface area contributed by atoms with Crippen LogP contribution in [0.5, 0.6) is 0 Å². The molecule has 2 rings (SSSR count). The van der Waals surface area contributed by atoms with Gasteiger partial charge in [0.05, 0.1) is 5.92 Å². The fourth-order valence-corrected chi connectivity index (χ4v) is 3.43. The molecular formula is C14H17NO3S. The van der Waals surface area contributed by atoms with Crippen molar-refractivity contribution in [1.82, 2.24) is 4.90 Å². The molecule has 0 spiro atoms. The average molecular weight is 279 g/mol. The van der Waals surface area contributed by atoms with Crippen LogP contribution in [0.25, 0.3) is 0 Å². The third-order valence-electron chi connectivity index (χ3n) is 3.26. The van der Waals surface area contributed by atoms with Crippen LogP contribution in [-0.4, -0.2) is 41.2 Å². The second-order valence-corrected chi connectivity index (χ2v) is 5.72. The first-order valence-electron chi connectivity index (χ1n) is 6.28. The Morgan fingerprint density at radius 1 is 1.42 bits per heavy atom. The molecule has 1 aromatic carbocycles. The van der Waals surface area contributed by atoms with Gasteiger partial charge < -0.3 is 10.0 Å². The molecule has 1 aliphatic rings. The van der Waals surface area contributed by atoms with E-state index >= 15 is 0 Å². The number of rotatable bonds is 5. The molecule has 0 aromatic heterocycles. The SMILES string of the molecule is CN(CCCC(=O)O)C(=O)[C@@H]1CSc2ccccc21. The van der Waals surface area contributed by atoms with Crippen LogP contribution in [0.3, 0.4) is 0 Å². The van der Waals surface area contributed by atoms with Gasteiger partial charge in [0.15, 0.2) is 0 Å². The smallest absolute Gasteiger partial charge is 0.303 e. The number of hydrogen-bond acceptors (Lipinski definition) is 3. The Bertz CT molecular complexity index is 489. The minimum atomic E-state index is -0.817. The predicted molar refractivity (Wildman–Crippen MR) is 74.4 cm³/mol. The number of carbonyl (C=O) groups excluding carboxylic acids is 1. The van der Waals surface area contributed by atoms with Gasteiger partial charge in [0.2, 0.25) is 5.91 Å². The standard InChI is InChI=1S/C14H17NO3S/c1-15(8-4-7-13(16)17)14(18)11-9-19-12-6-3-2-5-10(11)12/h2-3,5-6,11H,4,7-9H2,1H3,(H,16,17)/t11-/m1/s1. The summed E-state index contributed by atoms with van der Waals surface area (Å²) >= 11 is 1.71. The molecule has 1 N–H and O–H groups in total. The van der Waals surface area contributed by atoms with Crippen molar-refractivity contribution >= 4 is 23.6 Å². The number of carboxylic acids is 1. The zero-order valence-electron chi connectivity index (χ0n) is 10.8. The number of thioether (sulfide) groups is 1. The average Bonchev–Trinajstić information content (AvgIpc) is 2.81. The molecule has 0 fully saturated rings. The van der Waals surface area contributed by atoms with Crippen LogP contribution < -0.4 is 0 Å². The predicted octanol–water partition coefficient (Wildman–Crippen LogP) is 2.20. The number of amides is 1. The van der Waals surface area contributed by atoms with E-state index in [9.17, 15) is 9.59 Å². The highest BCUT2D eigenvalue weighted by atomic mass is 32.2. The van der Waals surface area contributed by atoms with Crippen molar-refractivity contribution in [1.29, 1.82) is 0 Å². The first-order chi connectivity index (χ1) is 9.09. The first-order valence-corrected chi connectivity index (χ1v) is 7.26. The molecule has 0 unspecified atom stereocenters. The molecule has 102 valence electrons. The van der Waals surface area contributed by atoms with E-state index in [0.29, 0.717) is 13.0 Å². The molecule has 1 aromatic rings. The number of likely N-dealkylation sites (N-methyl/N-ethyl adjacent to an activating group) is 1. The Hall–Kier alpha value is -1.49. The highest BCUT2D eigenvalue weighted by Crippen LogP contribution is 2.39. The minimum absolute atomic E-state index is 0.0860. The highest BCUT2D eigenvalue weighted by Gasteiger charge is 2.30. The molecule has 0 bridgehead atoms. The van der Waals surface area contributed by atoms with Crippen LogP contribution in [0, 0.1) is 0 Å². The molecule has 1 atom stereocenters. The monoisotopic (exact) mass is 279 g/mol. The summed E-state index contributed by atoms with van der Waals surface area (Å²) in [6.07, 6.45) is 0.604. The van der Waals surface area contributed by atoms with E-state index in [1.54, 1.807) is 23.7 Å². The molecule has 0 aliphatic carbocycles. The fraction of sp³-hybridized carbons (Fsp3) is 0.429. The van der Waals surface area contributed by atoms with Gasteiger partial charge >= 0.3 is 5.97 Å². The number of benzene rings is 1. The molecule has 5 heteroatoms. The largest absolute Gasteiger partial charge is 0.481 e. The molecule has 19 heavy (non-hydrogen) atoms. The summed E-state index contributed by atoms with van der Waals surface area (Å²) in [6, 6.07) is 7.98. The maximum atomic E-state index is 12.3. The first kappa shape index (κ1) is 13.9. The van der Waals surface area contributed by atoms with Crippen LogP contribution in [0.2, 0.25) is 0 Å². The van der Waals surface area contributed by atoms with Gasteiger partial charge in [-0.3, -0.25) is 9.59 Å². The Balaban J connectivity index is 1.95. The van der Waals surface area contributed by atoms with Crippen molar-refractivity contribution in [2.24, 2.45) is 0 Å². The summed E-state index contributed by atoms with van der Waals surface area (Å²) in [5, 5.41) is 8.60. The number of carboxylic acid groups (broad SMARTS) is 1. The fourth-order valence-electron chi connectivity index (χ4n) is 2.21. The Morgan fingerprint density at radius 2 is 2.16 bits per heavy atom. The van der Waals surface area contributed by atoms with E-state index in [1.807, 2.05) is 24.3 Å². The summed E-state index contributed by atoms with van der Waals surface area (Å²) < 4.78 is 0. The van der Waals surface area contributed by atoms with E-state index in [2.05, 4.69) is 0 Å². The van der Waals surface area contributed by atoms with E-state index in [1.165, 1.54) is 4.90 Å². The molecular weight excluding hydrogens is 262 g/mol. The van der Waals surface area contributed by atoms with Crippen molar-refractivity contribution < 1.29 is 14.7 Å². The lowest BCUT2D eigenvalue weighted by Crippen LogP contribution is -2.32. The lowest BCUT2D eigenvalue weighted by molar-refractivity contribution is -0.138. The van der Waals surface area contributed by atoms with Crippen LogP contribution in [-0.2, 0) is 9.59 Å². The lowest BCUT2D eigenvalue weighted by Gasteiger charge is -2.21. The van der Waals surface area contributed by atoms with Gasteiger partial charge in [-0.2, -0.15) is 0 Å². The van der Waals surface area contributed by atoms with E-state index in [0.717, 1.165) is 11.3 Å². The Labute approximate surface area is 116 Å². The van der Waals surface area contributed by atoms with Gasteiger partial charge in [-0.25, -0.2) is 0 Å². The minimum Gasteiger partial charge on any atom is -0.481 e. The van der Waals surface area contributed by atoms with Crippen molar-refractivity contribution in [3.05, 3.63) is 29.8 Å². The molecule has 4 nitrogen and oxygen atoms in total. The zero-order chi connectivity index (χ0) is 13.8. The molecule has 0 saturated carbocycles. The lowest BCUT2D eigenvalue weighted by atomic mass is 10.00. The number of nitrogens with zero attached hydrogens (tertiary/aromatic N) is 1. The van der Waals surface area contributed by atoms with Gasteiger partial charge in [-0.1, -0.05) is 18.2 Å². The zero-order valence-corrected chi connectivity index (χ0v) is 11.7. The number of aliphatic carboxylic acids is 1. The van der Waals surface area contributed by atoms with Crippen LogP contribution >= 0.6 is 11.8 Å². The number of carbonyl (C=O) groups is 2. The van der Waals surface area contributed by atoms with Crippen molar-refractivity contribution in [2.75, 3.05) is 19.3 Å². The maximum Gasteiger partial charge on any atom is 0.303 e. The van der Waals surface area contributed by atoms with Gasteiger partial charge in [-0.15, -0.1) is 11.8 Å². The summed E-state index contributed by atoms with van der Waals surface area (Å²) in [7, 11) is 1.75. The van der Waals surface area contributed by atoms with Gasteiger partial charge in [0.25, 0.3) is 0 Å². The third kappa shape index (κ3) is 3.29. The quantitative estimate of drug-likeness (QED) is 0.897. The van der Waals surface area contributed by atoms with Crippen molar-refractivity contribution in [3.63, 3.8) is 0 Å². The summed E-state index contributed by atoms with van der Waals surface area (Å²) in [6.45, 7) is 0.495. The Kier molecular flexibility index (Phi) is 4.47. The van der Waals surface area contributed by atoms with Crippen LogP contribution in [0.4, 0.5) is 0 Å². The Morgan fingerprint density at radius 3 is 2.89 bits per heavy atom.